The minimum atomic E-state index is -2.92. The molecule has 16 heteroatoms. The van der Waals surface area contributed by atoms with Crippen LogP contribution in [0.4, 0.5) is 17.6 Å². The minimum Gasteiger partial charge on any atom is -0.400 e. The third-order valence-electron chi connectivity index (χ3n) is 9.49. The number of carbonyl (C=O) groups excluding carboxylic acids is 2. The predicted molar refractivity (Wildman–Crippen MR) is 198 cm³/mol. The Labute approximate surface area is 317 Å². The second-order valence-electron chi connectivity index (χ2n) is 13.7. The van der Waals surface area contributed by atoms with Gasteiger partial charge < -0.3 is 40.3 Å². The lowest BCUT2D eigenvalue weighted by Gasteiger charge is -2.37. The molecular formula is C39H50F4N6O6. The van der Waals surface area contributed by atoms with Gasteiger partial charge in [-0.2, -0.15) is 0 Å². The summed E-state index contributed by atoms with van der Waals surface area (Å²) < 4.78 is 67.3. The van der Waals surface area contributed by atoms with Crippen LogP contribution in [0, 0.1) is 0 Å². The number of amides is 2. The Bertz CT molecular complexity index is 1810. The van der Waals surface area contributed by atoms with Gasteiger partial charge in [0.05, 0.1) is 29.9 Å². The Morgan fingerprint density at radius 3 is 1.95 bits per heavy atom. The quantitative estimate of drug-likeness (QED) is 0.109. The number of methoxy groups -OCH3 is 1. The number of H-pyrrole nitrogens is 2. The maximum Gasteiger partial charge on any atom is 0.271 e. The van der Waals surface area contributed by atoms with Crippen LogP contribution in [0.5, 0.6) is 0 Å². The van der Waals surface area contributed by atoms with Crippen LogP contribution in [-0.2, 0) is 30.2 Å². The van der Waals surface area contributed by atoms with Crippen LogP contribution in [0.15, 0.2) is 60.9 Å². The van der Waals surface area contributed by atoms with E-state index in [9.17, 15) is 27.2 Å². The summed E-state index contributed by atoms with van der Waals surface area (Å²) in [4.78, 5) is 39.2. The van der Waals surface area contributed by atoms with Gasteiger partial charge in [-0.15, -0.1) is 0 Å². The molecule has 2 saturated heterocycles. The molecule has 55 heavy (non-hydrogen) atoms. The molecule has 0 aliphatic carbocycles. The van der Waals surface area contributed by atoms with E-state index >= 15 is 0 Å². The molecule has 12 nitrogen and oxygen atoms in total. The van der Waals surface area contributed by atoms with E-state index in [4.69, 9.17) is 20.3 Å². The molecule has 6 N–H and O–H groups in total. The number of ether oxygens (including phenoxy) is 3. The number of hydrogen-bond acceptors (Lipinski definition) is 8. The number of aromatic nitrogens is 4. The third-order valence-corrected chi connectivity index (χ3v) is 9.49. The van der Waals surface area contributed by atoms with E-state index in [1.54, 1.807) is 6.20 Å². The second-order valence-corrected chi connectivity index (χ2v) is 13.7. The number of aryl methyl sites for hydroxylation is 1. The highest BCUT2D eigenvalue weighted by atomic mass is 19.3. The molecule has 2 aromatic heterocycles. The van der Waals surface area contributed by atoms with Gasteiger partial charge in [0.2, 0.25) is 5.91 Å². The predicted octanol–water partition coefficient (Wildman–Crippen LogP) is 6.38. The average Bonchev–Trinajstić information content (AvgIpc) is 3.87. The van der Waals surface area contributed by atoms with Crippen LogP contribution in [0.1, 0.15) is 70.6 Å². The van der Waals surface area contributed by atoms with Crippen LogP contribution in [0.3, 0.4) is 0 Å². The molecule has 0 saturated carbocycles. The van der Waals surface area contributed by atoms with Crippen molar-refractivity contribution in [1.82, 2.24) is 25.3 Å². The van der Waals surface area contributed by atoms with Gasteiger partial charge in [-0.25, -0.2) is 27.5 Å². The fourth-order valence-electron chi connectivity index (χ4n) is 5.99. The Balaban J connectivity index is 0.000000442. The molecule has 0 spiro atoms. The van der Waals surface area contributed by atoms with Gasteiger partial charge in [0, 0.05) is 33.5 Å². The number of imidazole rings is 2. The van der Waals surface area contributed by atoms with Gasteiger partial charge in [-0.3, -0.25) is 9.59 Å². The highest BCUT2D eigenvalue weighted by Gasteiger charge is 2.47. The molecule has 2 aliphatic rings. The topological polar surface area (TPSA) is 177 Å². The van der Waals surface area contributed by atoms with Crippen LogP contribution < -0.4 is 11.1 Å². The minimum absolute atomic E-state index is 0.0162. The number of alkyl halides is 4. The first kappa shape index (κ1) is 43.1. The molecule has 2 aliphatic heterocycles. The number of aliphatic hydroxyl groups is 1. The SMILES string of the molecule is CCCc1ncc(-c2ccc(-c3ccc(-c4cnc(C(NC(=O)C5(C)CCC(F)(F)CO5)C(C)OC)[nH]4)cc3)cc2)[nH]1.CO.NC(=O)C1CCC(F)(F)CO1. The van der Waals surface area contributed by atoms with Gasteiger partial charge >= 0.3 is 0 Å². The van der Waals surface area contributed by atoms with E-state index in [0.29, 0.717) is 5.82 Å². The lowest BCUT2D eigenvalue weighted by Crippen LogP contribution is -2.54. The molecular weight excluding hydrogens is 724 g/mol. The maximum atomic E-state index is 13.6. The summed E-state index contributed by atoms with van der Waals surface area (Å²) in [6.07, 6.45) is 3.51. The van der Waals surface area contributed by atoms with Crippen molar-refractivity contribution in [3.63, 3.8) is 0 Å². The number of benzene rings is 2. The highest BCUT2D eigenvalue weighted by Crippen LogP contribution is 2.35. The summed E-state index contributed by atoms with van der Waals surface area (Å²) in [7, 11) is 2.54. The summed E-state index contributed by atoms with van der Waals surface area (Å²) in [5.74, 6) is -5.36. The van der Waals surface area contributed by atoms with Crippen LogP contribution in [0.2, 0.25) is 0 Å². The fourth-order valence-corrected chi connectivity index (χ4v) is 5.99. The number of carbonyl (C=O) groups is 2. The monoisotopic (exact) mass is 774 g/mol. The molecule has 4 unspecified atom stereocenters. The number of aromatic amines is 2. The highest BCUT2D eigenvalue weighted by molar-refractivity contribution is 5.85. The number of aliphatic hydroxyl groups excluding tert-OH is 1. The fraction of sp³-hybridized carbons (Fsp3) is 0.487. The molecule has 2 amide bonds. The summed E-state index contributed by atoms with van der Waals surface area (Å²) >= 11 is 0. The largest absolute Gasteiger partial charge is 0.400 e. The van der Waals surface area contributed by atoms with Crippen molar-refractivity contribution in [1.29, 1.82) is 0 Å². The van der Waals surface area contributed by atoms with Crippen LogP contribution in [-0.4, -0.2) is 93.9 Å². The van der Waals surface area contributed by atoms with Crippen molar-refractivity contribution >= 4 is 11.8 Å². The maximum absolute atomic E-state index is 13.6. The molecule has 0 radical (unpaired) electrons. The van der Waals surface area contributed by atoms with Gasteiger partial charge in [-0.05, 0) is 55.4 Å². The number of halogens is 4. The molecule has 0 bridgehead atoms. The average molecular weight is 775 g/mol. The summed E-state index contributed by atoms with van der Waals surface area (Å²) in [5, 5.41) is 9.91. The number of primary amides is 1. The Morgan fingerprint density at radius 2 is 1.45 bits per heavy atom. The number of nitrogens with two attached hydrogens (primary N) is 1. The first-order valence-corrected chi connectivity index (χ1v) is 18.0. The first-order valence-electron chi connectivity index (χ1n) is 18.0. The van der Waals surface area contributed by atoms with E-state index in [1.165, 1.54) is 14.0 Å². The number of rotatable bonds is 11. The van der Waals surface area contributed by atoms with Crippen molar-refractivity contribution in [3.05, 3.63) is 72.6 Å². The Hall–Kier alpha value is -4.64. The molecule has 2 aromatic carbocycles. The molecule has 300 valence electrons. The first-order chi connectivity index (χ1) is 26.1. The normalized spacial score (nSPS) is 21.2. The Morgan fingerprint density at radius 1 is 0.909 bits per heavy atom. The molecule has 4 atom stereocenters. The number of nitrogens with one attached hydrogen (secondary N) is 3. The van der Waals surface area contributed by atoms with Crippen LogP contribution >= 0.6 is 0 Å². The van der Waals surface area contributed by atoms with E-state index in [2.05, 4.69) is 73.3 Å². The van der Waals surface area contributed by atoms with Crippen molar-refractivity contribution < 1.29 is 46.5 Å². The zero-order valence-electron chi connectivity index (χ0n) is 31.6. The summed E-state index contributed by atoms with van der Waals surface area (Å²) in [6.45, 7) is 4.00. The molecule has 4 aromatic rings. The van der Waals surface area contributed by atoms with E-state index < -0.39 is 67.1 Å². The number of hydrogen-bond donors (Lipinski definition) is 5. The zero-order valence-corrected chi connectivity index (χ0v) is 31.6. The van der Waals surface area contributed by atoms with Crippen molar-refractivity contribution in [2.45, 2.75) is 95.0 Å². The lowest BCUT2D eigenvalue weighted by atomic mass is 9.93. The Kier molecular flexibility index (Phi) is 14.7. The zero-order chi connectivity index (χ0) is 40.4. The summed E-state index contributed by atoms with van der Waals surface area (Å²) in [6, 6.07) is 15.8. The molecule has 6 rings (SSSR count). The van der Waals surface area contributed by atoms with Gasteiger partial charge in [0.15, 0.2) is 0 Å². The van der Waals surface area contributed by atoms with Crippen molar-refractivity contribution in [3.8, 4) is 33.6 Å². The smallest absolute Gasteiger partial charge is 0.271 e. The molecule has 4 heterocycles. The van der Waals surface area contributed by atoms with Gasteiger partial charge in [0.25, 0.3) is 17.8 Å². The van der Waals surface area contributed by atoms with E-state index in [0.717, 1.165) is 59.4 Å². The second kappa shape index (κ2) is 18.8. The van der Waals surface area contributed by atoms with Gasteiger partial charge in [-0.1, -0.05) is 55.5 Å². The van der Waals surface area contributed by atoms with Crippen molar-refractivity contribution in [2.24, 2.45) is 5.73 Å². The van der Waals surface area contributed by atoms with Crippen LogP contribution in [0.25, 0.3) is 33.6 Å². The summed E-state index contributed by atoms with van der Waals surface area (Å²) in [5.41, 5.74) is 9.46. The molecule has 2 fully saturated rings. The van der Waals surface area contributed by atoms with E-state index in [1.807, 2.05) is 25.3 Å². The standard InChI is InChI=1S/C32H37F2N5O3.C6H9F2NO2.CH4O/c1-5-6-27-35-17-25(37-27)23-11-7-21(8-12-23)22-9-13-24(14-10-22)26-18-36-29(38-26)28(20(2)41-4)39-30(40)31(3)15-16-32(33,34)19-42-31;7-6(8)2-1-4(5(9)10)11-3-6;1-2/h7-14,17-18,20,28H,5-6,15-16,19H2,1-4H3,(H,35,37)(H,36,38)(H,39,40);4H,1-3H2,(H2,9,10);2H,1H3. The third kappa shape index (κ3) is 11.4. The van der Waals surface area contributed by atoms with Crippen molar-refractivity contribution in [2.75, 3.05) is 27.4 Å². The lowest BCUT2D eigenvalue weighted by molar-refractivity contribution is -0.190. The van der Waals surface area contributed by atoms with E-state index in [-0.39, 0.29) is 19.3 Å². The van der Waals surface area contributed by atoms with Gasteiger partial charge in [0.1, 0.15) is 42.6 Å². The number of nitrogens with zero attached hydrogens (tertiary/aromatic N) is 2.